The van der Waals surface area contributed by atoms with Crippen LogP contribution in [0.1, 0.15) is 42.0 Å². The average Bonchev–Trinajstić information content (AvgIpc) is 2.65. The Labute approximate surface area is 94.5 Å². The van der Waals surface area contributed by atoms with E-state index in [2.05, 4.69) is 19.1 Å². The van der Waals surface area contributed by atoms with Crippen LogP contribution in [0.25, 0.3) is 0 Å². The summed E-state index contributed by atoms with van der Waals surface area (Å²) in [4.78, 5) is 13.1. The molecule has 1 aromatic heterocycles. The minimum atomic E-state index is -0.248. The van der Waals surface area contributed by atoms with Gasteiger partial charge in [0.1, 0.15) is 0 Å². The zero-order chi connectivity index (χ0) is 11.3. The van der Waals surface area contributed by atoms with Gasteiger partial charge in [-0.05, 0) is 31.4 Å². The van der Waals surface area contributed by atoms with Gasteiger partial charge in [-0.15, -0.1) is 11.3 Å². The van der Waals surface area contributed by atoms with Crippen LogP contribution in [0.5, 0.6) is 0 Å². The van der Waals surface area contributed by atoms with E-state index < -0.39 is 0 Å². The van der Waals surface area contributed by atoms with Crippen LogP contribution in [-0.2, 0) is 11.2 Å². The lowest BCUT2D eigenvalue weighted by atomic mass is 10.1. The van der Waals surface area contributed by atoms with Crippen molar-refractivity contribution in [3.05, 3.63) is 21.9 Å². The minimum absolute atomic E-state index is 0.0506. The number of carbonyl (C=O) groups is 1. The predicted molar refractivity (Wildman–Crippen MR) is 63.7 cm³/mol. The van der Waals surface area contributed by atoms with Crippen molar-refractivity contribution in [3.63, 3.8) is 0 Å². The van der Waals surface area contributed by atoms with E-state index in [4.69, 9.17) is 11.5 Å². The molecule has 0 aliphatic heterocycles. The summed E-state index contributed by atoms with van der Waals surface area (Å²) in [5.41, 5.74) is 11.1. The third-order valence-corrected chi connectivity index (χ3v) is 3.70. The summed E-state index contributed by atoms with van der Waals surface area (Å²) in [6.07, 6.45) is 3.08. The fraction of sp³-hybridized carbons (Fsp3) is 0.545. The summed E-state index contributed by atoms with van der Waals surface area (Å²) < 4.78 is 0. The van der Waals surface area contributed by atoms with Crippen LogP contribution in [0.15, 0.2) is 12.1 Å². The Hall–Kier alpha value is -0.870. The molecular weight excluding hydrogens is 208 g/mol. The number of amides is 1. The molecule has 0 radical (unpaired) electrons. The number of rotatable bonds is 6. The highest BCUT2D eigenvalue weighted by molar-refractivity contribution is 7.12. The molecule has 0 spiro atoms. The van der Waals surface area contributed by atoms with Crippen molar-refractivity contribution >= 4 is 17.2 Å². The molecule has 1 heterocycles. The fourth-order valence-electron chi connectivity index (χ4n) is 1.42. The largest absolute Gasteiger partial charge is 0.370 e. The van der Waals surface area contributed by atoms with Crippen LogP contribution in [0.2, 0.25) is 0 Å². The SMILES string of the molecule is CCc1ccc(C(N)CCCC(N)=O)s1. The molecule has 0 saturated heterocycles. The predicted octanol–water partition coefficient (Wildman–Crippen LogP) is 1.97. The summed E-state index contributed by atoms with van der Waals surface area (Å²) in [6, 6.07) is 4.25. The standard InChI is InChI=1S/C11H18N2OS/c1-2-8-6-7-10(15-8)9(12)4-3-5-11(13)14/h6-7,9H,2-5,12H2,1H3,(H2,13,14). The first kappa shape index (κ1) is 12.2. The number of nitrogens with two attached hydrogens (primary N) is 2. The first-order valence-electron chi connectivity index (χ1n) is 5.26. The van der Waals surface area contributed by atoms with Crippen LogP contribution < -0.4 is 11.5 Å². The van der Waals surface area contributed by atoms with Crippen LogP contribution in [0.3, 0.4) is 0 Å². The topological polar surface area (TPSA) is 69.1 Å². The van der Waals surface area contributed by atoms with Crippen molar-refractivity contribution in [2.45, 2.75) is 38.6 Å². The highest BCUT2D eigenvalue weighted by Crippen LogP contribution is 2.25. The van der Waals surface area contributed by atoms with Crippen molar-refractivity contribution in [1.82, 2.24) is 0 Å². The molecular formula is C11H18N2OS. The van der Waals surface area contributed by atoms with E-state index in [1.54, 1.807) is 11.3 Å². The summed E-state index contributed by atoms with van der Waals surface area (Å²) in [7, 11) is 0. The first-order chi connectivity index (χ1) is 7.13. The van der Waals surface area contributed by atoms with Crippen molar-refractivity contribution in [2.75, 3.05) is 0 Å². The second kappa shape index (κ2) is 5.88. The highest BCUT2D eigenvalue weighted by atomic mass is 32.1. The Morgan fingerprint density at radius 1 is 1.53 bits per heavy atom. The van der Waals surface area contributed by atoms with Gasteiger partial charge in [0.25, 0.3) is 0 Å². The minimum Gasteiger partial charge on any atom is -0.370 e. The molecule has 1 rings (SSSR count). The van der Waals surface area contributed by atoms with Gasteiger partial charge >= 0.3 is 0 Å². The maximum atomic E-state index is 10.6. The van der Waals surface area contributed by atoms with Crippen molar-refractivity contribution < 1.29 is 4.79 Å². The molecule has 1 amide bonds. The van der Waals surface area contributed by atoms with Gasteiger partial charge in [0.2, 0.25) is 5.91 Å². The lowest BCUT2D eigenvalue weighted by molar-refractivity contribution is -0.118. The van der Waals surface area contributed by atoms with Gasteiger partial charge in [-0.3, -0.25) is 4.79 Å². The Morgan fingerprint density at radius 2 is 2.27 bits per heavy atom. The number of hydrogen-bond donors (Lipinski definition) is 2. The number of aryl methyl sites for hydroxylation is 1. The van der Waals surface area contributed by atoms with Gasteiger partial charge in [0, 0.05) is 22.2 Å². The van der Waals surface area contributed by atoms with Crippen LogP contribution >= 0.6 is 11.3 Å². The van der Waals surface area contributed by atoms with Gasteiger partial charge in [-0.1, -0.05) is 6.92 Å². The fourth-order valence-corrected chi connectivity index (χ4v) is 2.41. The Kier molecular flexibility index (Phi) is 4.78. The quantitative estimate of drug-likeness (QED) is 0.778. The van der Waals surface area contributed by atoms with Crippen molar-refractivity contribution in [2.24, 2.45) is 11.5 Å². The summed E-state index contributed by atoms with van der Waals surface area (Å²) >= 11 is 1.76. The molecule has 15 heavy (non-hydrogen) atoms. The lowest BCUT2D eigenvalue weighted by Crippen LogP contribution is -2.13. The molecule has 3 nitrogen and oxygen atoms in total. The third-order valence-electron chi connectivity index (χ3n) is 2.33. The van der Waals surface area contributed by atoms with Crippen LogP contribution in [0.4, 0.5) is 0 Å². The maximum absolute atomic E-state index is 10.6. The number of carbonyl (C=O) groups excluding carboxylic acids is 1. The Bertz CT molecular complexity index is 322. The van der Waals surface area contributed by atoms with Gasteiger partial charge < -0.3 is 11.5 Å². The smallest absolute Gasteiger partial charge is 0.217 e. The summed E-state index contributed by atoms with van der Waals surface area (Å²) in [6.45, 7) is 2.13. The van der Waals surface area contributed by atoms with E-state index in [9.17, 15) is 4.79 Å². The first-order valence-corrected chi connectivity index (χ1v) is 6.07. The second-order valence-corrected chi connectivity index (χ2v) is 4.82. The third kappa shape index (κ3) is 4.01. The second-order valence-electron chi connectivity index (χ2n) is 3.62. The Morgan fingerprint density at radius 3 is 2.80 bits per heavy atom. The molecule has 0 aliphatic rings. The number of primary amides is 1. The van der Waals surface area contributed by atoms with E-state index in [1.807, 2.05) is 0 Å². The number of hydrogen-bond acceptors (Lipinski definition) is 3. The molecule has 84 valence electrons. The average molecular weight is 226 g/mol. The molecule has 1 atom stereocenters. The van der Waals surface area contributed by atoms with E-state index >= 15 is 0 Å². The zero-order valence-corrected chi connectivity index (χ0v) is 9.85. The molecule has 1 unspecified atom stereocenters. The van der Waals surface area contributed by atoms with Crippen LogP contribution in [-0.4, -0.2) is 5.91 Å². The van der Waals surface area contributed by atoms with E-state index in [0.717, 1.165) is 19.3 Å². The molecule has 4 heteroatoms. The molecule has 0 bridgehead atoms. The highest BCUT2D eigenvalue weighted by Gasteiger charge is 2.08. The van der Waals surface area contributed by atoms with Crippen molar-refractivity contribution in [1.29, 1.82) is 0 Å². The van der Waals surface area contributed by atoms with E-state index in [1.165, 1.54) is 9.75 Å². The monoisotopic (exact) mass is 226 g/mol. The molecule has 0 fully saturated rings. The Balaban J connectivity index is 2.39. The molecule has 1 aromatic rings. The normalized spacial score (nSPS) is 12.7. The molecule has 0 aliphatic carbocycles. The van der Waals surface area contributed by atoms with Gasteiger partial charge in [-0.25, -0.2) is 0 Å². The molecule has 0 saturated carbocycles. The summed E-state index contributed by atoms with van der Waals surface area (Å²) in [5.74, 6) is -0.248. The maximum Gasteiger partial charge on any atom is 0.217 e. The van der Waals surface area contributed by atoms with Gasteiger partial charge in [0.15, 0.2) is 0 Å². The van der Waals surface area contributed by atoms with E-state index in [-0.39, 0.29) is 11.9 Å². The van der Waals surface area contributed by atoms with Crippen molar-refractivity contribution in [3.8, 4) is 0 Å². The van der Waals surface area contributed by atoms with E-state index in [0.29, 0.717) is 6.42 Å². The summed E-state index contributed by atoms with van der Waals surface area (Å²) in [5, 5.41) is 0. The zero-order valence-electron chi connectivity index (χ0n) is 9.03. The molecule has 4 N–H and O–H groups in total. The van der Waals surface area contributed by atoms with Gasteiger partial charge in [-0.2, -0.15) is 0 Å². The number of thiophene rings is 1. The molecule has 0 aromatic carbocycles. The lowest BCUT2D eigenvalue weighted by Gasteiger charge is -2.07. The van der Waals surface area contributed by atoms with Crippen LogP contribution in [0, 0.1) is 0 Å². The van der Waals surface area contributed by atoms with Gasteiger partial charge in [0.05, 0.1) is 0 Å².